The van der Waals surface area contributed by atoms with E-state index in [1.54, 1.807) is 12.3 Å². The van der Waals surface area contributed by atoms with E-state index in [9.17, 15) is 0 Å². The van der Waals surface area contributed by atoms with Gasteiger partial charge < -0.3 is 9.32 Å². The van der Waals surface area contributed by atoms with E-state index in [2.05, 4.69) is 4.98 Å². The molecule has 4 heteroatoms. The number of furan rings is 1. The van der Waals surface area contributed by atoms with Crippen LogP contribution in [0.1, 0.15) is 11.5 Å². The normalized spacial score (nSPS) is 9.75. The van der Waals surface area contributed by atoms with E-state index in [0.29, 0.717) is 12.2 Å². The number of nitrogens with zero attached hydrogens (tertiary/aromatic N) is 3. The number of nitriles is 1. The molecule has 0 amide bonds. The Morgan fingerprint density at radius 1 is 1.38 bits per heavy atom. The van der Waals surface area contributed by atoms with Gasteiger partial charge in [0, 0.05) is 7.05 Å². The van der Waals surface area contributed by atoms with E-state index >= 15 is 0 Å². The van der Waals surface area contributed by atoms with Crippen molar-refractivity contribution in [2.24, 2.45) is 0 Å². The second-order valence-electron chi connectivity index (χ2n) is 3.43. The van der Waals surface area contributed by atoms with E-state index in [0.717, 1.165) is 11.6 Å². The monoisotopic (exact) mass is 213 g/mol. The zero-order chi connectivity index (χ0) is 11.4. The SMILES string of the molecule is CN(Cc1ccco1)c1cccc(C#N)n1. The highest BCUT2D eigenvalue weighted by Crippen LogP contribution is 2.13. The van der Waals surface area contributed by atoms with Gasteiger partial charge in [-0.3, -0.25) is 0 Å². The molecule has 80 valence electrons. The molecule has 2 rings (SSSR count). The van der Waals surface area contributed by atoms with Gasteiger partial charge in [0.15, 0.2) is 0 Å². The predicted molar refractivity (Wildman–Crippen MR) is 59.8 cm³/mol. The van der Waals surface area contributed by atoms with Crippen LogP contribution in [0.3, 0.4) is 0 Å². The van der Waals surface area contributed by atoms with Crippen LogP contribution >= 0.6 is 0 Å². The Morgan fingerprint density at radius 3 is 2.94 bits per heavy atom. The Bertz CT molecular complexity index is 499. The van der Waals surface area contributed by atoms with Crippen molar-refractivity contribution >= 4 is 5.82 Å². The molecule has 0 aliphatic heterocycles. The molecule has 0 N–H and O–H groups in total. The number of rotatable bonds is 3. The van der Waals surface area contributed by atoms with Crippen LogP contribution in [0, 0.1) is 11.3 Å². The summed E-state index contributed by atoms with van der Waals surface area (Å²) >= 11 is 0. The summed E-state index contributed by atoms with van der Waals surface area (Å²) in [7, 11) is 1.91. The fourth-order valence-corrected chi connectivity index (χ4v) is 1.42. The van der Waals surface area contributed by atoms with Crippen molar-refractivity contribution in [3.63, 3.8) is 0 Å². The van der Waals surface area contributed by atoms with E-state index in [1.807, 2.05) is 42.3 Å². The Balaban J connectivity index is 2.15. The van der Waals surface area contributed by atoms with Crippen LogP contribution in [0.15, 0.2) is 41.0 Å². The first-order valence-corrected chi connectivity index (χ1v) is 4.90. The zero-order valence-electron chi connectivity index (χ0n) is 8.92. The van der Waals surface area contributed by atoms with Crippen LogP contribution in [0.4, 0.5) is 5.82 Å². The van der Waals surface area contributed by atoms with Gasteiger partial charge in [-0.15, -0.1) is 0 Å². The highest BCUT2D eigenvalue weighted by Gasteiger charge is 2.05. The van der Waals surface area contributed by atoms with Crippen molar-refractivity contribution in [1.82, 2.24) is 4.98 Å². The first-order valence-electron chi connectivity index (χ1n) is 4.90. The molecular weight excluding hydrogens is 202 g/mol. The van der Waals surface area contributed by atoms with Gasteiger partial charge in [-0.2, -0.15) is 5.26 Å². The van der Waals surface area contributed by atoms with Crippen LogP contribution in [-0.4, -0.2) is 12.0 Å². The second-order valence-corrected chi connectivity index (χ2v) is 3.43. The highest BCUT2D eigenvalue weighted by molar-refractivity contribution is 5.40. The summed E-state index contributed by atoms with van der Waals surface area (Å²) in [5.74, 6) is 1.63. The van der Waals surface area contributed by atoms with Crippen LogP contribution in [0.5, 0.6) is 0 Å². The molecule has 0 aromatic carbocycles. The van der Waals surface area contributed by atoms with Crippen molar-refractivity contribution in [1.29, 1.82) is 5.26 Å². The van der Waals surface area contributed by atoms with Crippen LogP contribution in [0.2, 0.25) is 0 Å². The van der Waals surface area contributed by atoms with E-state index in [-0.39, 0.29) is 0 Å². The minimum Gasteiger partial charge on any atom is -0.467 e. The third kappa shape index (κ3) is 2.20. The molecule has 0 atom stereocenters. The number of pyridine rings is 1. The molecule has 0 radical (unpaired) electrons. The summed E-state index contributed by atoms with van der Waals surface area (Å²) in [6, 6.07) is 11.1. The van der Waals surface area contributed by atoms with Crippen LogP contribution in [-0.2, 0) is 6.54 Å². The van der Waals surface area contributed by atoms with Gasteiger partial charge in [-0.05, 0) is 24.3 Å². The summed E-state index contributed by atoms with van der Waals surface area (Å²) in [6.45, 7) is 0.634. The van der Waals surface area contributed by atoms with Crippen molar-refractivity contribution in [3.8, 4) is 6.07 Å². The maximum Gasteiger partial charge on any atom is 0.142 e. The Kier molecular flexibility index (Phi) is 2.88. The summed E-state index contributed by atoms with van der Waals surface area (Å²) in [5.41, 5.74) is 0.420. The van der Waals surface area contributed by atoms with Gasteiger partial charge in [-0.25, -0.2) is 4.98 Å². The number of hydrogen-bond acceptors (Lipinski definition) is 4. The highest BCUT2D eigenvalue weighted by atomic mass is 16.3. The Hall–Kier alpha value is -2.28. The minimum absolute atomic E-state index is 0.420. The standard InChI is InChI=1S/C12H11N3O/c1-15(9-11-5-3-7-16-11)12-6-2-4-10(8-13)14-12/h2-7H,9H2,1H3. The molecule has 2 aromatic heterocycles. The molecular formula is C12H11N3O. The molecule has 0 saturated carbocycles. The molecule has 0 bridgehead atoms. The summed E-state index contributed by atoms with van der Waals surface area (Å²) in [4.78, 5) is 6.13. The molecule has 16 heavy (non-hydrogen) atoms. The van der Waals surface area contributed by atoms with Crippen molar-refractivity contribution in [3.05, 3.63) is 48.0 Å². The van der Waals surface area contributed by atoms with Crippen molar-refractivity contribution in [2.75, 3.05) is 11.9 Å². The average molecular weight is 213 g/mol. The van der Waals surface area contributed by atoms with Gasteiger partial charge in [0.25, 0.3) is 0 Å². The lowest BCUT2D eigenvalue weighted by Crippen LogP contribution is -2.17. The minimum atomic E-state index is 0.420. The lowest BCUT2D eigenvalue weighted by molar-refractivity contribution is 0.507. The Morgan fingerprint density at radius 2 is 2.25 bits per heavy atom. The first kappa shape index (κ1) is 10.2. The topological polar surface area (TPSA) is 53.1 Å². The molecule has 0 saturated heterocycles. The lowest BCUT2D eigenvalue weighted by atomic mass is 10.3. The van der Waals surface area contributed by atoms with Crippen molar-refractivity contribution in [2.45, 2.75) is 6.54 Å². The number of hydrogen-bond donors (Lipinski definition) is 0. The summed E-state index contributed by atoms with van der Waals surface area (Å²) in [5, 5.41) is 8.75. The van der Waals surface area contributed by atoms with Crippen LogP contribution in [0.25, 0.3) is 0 Å². The van der Waals surface area contributed by atoms with E-state index in [1.165, 1.54) is 0 Å². The van der Waals surface area contributed by atoms with Gasteiger partial charge in [0.2, 0.25) is 0 Å². The van der Waals surface area contributed by atoms with Gasteiger partial charge in [0.1, 0.15) is 23.3 Å². The maximum absolute atomic E-state index is 8.75. The molecule has 0 fully saturated rings. The van der Waals surface area contributed by atoms with Crippen LogP contribution < -0.4 is 4.90 Å². The fourth-order valence-electron chi connectivity index (χ4n) is 1.42. The van der Waals surface area contributed by atoms with E-state index in [4.69, 9.17) is 9.68 Å². The molecule has 2 heterocycles. The molecule has 0 aliphatic carbocycles. The third-order valence-corrected chi connectivity index (χ3v) is 2.21. The smallest absolute Gasteiger partial charge is 0.142 e. The molecule has 0 spiro atoms. The third-order valence-electron chi connectivity index (χ3n) is 2.21. The molecule has 4 nitrogen and oxygen atoms in total. The fraction of sp³-hybridized carbons (Fsp3) is 0.167. The first-order chi connectivity index (χ1) is 7.79. The van der Waals surface area contributed by atoms with E-state index < -0.39 is 0 Å². The van der Waals surface area contributed by atoms with Gasteiger partial charge >= 0.3 is 0 Å². The predicted octanol–water partition coefficient (Wildman–Crippen LogP) is 2.18. The second kappa shape index (κ2) is 4.49. The number of aromatic nitrogens is 1. The zero-order valence-corrected chi connectivity index (χ0v) is 8.92. The molecule has 0 unspecified atom stereocenters. The summed E-state index contributed by atoms with van der Waals surface area (Å²) < 4.78 is 5.25. The van der Waals surface area contributed by atoms with Gasteiger partial charge in [0.05, 0.1) is 12.8 Å². The quantitative estimate of drug-likeness (QED) is 0.784. The molecule has 2 aromatic rings. The number of anilines is 1. The average Bonchev–Trinajstić information content (AvgIpc) is 2.82. The Labute approximate surface area is 93.7 Å². The maximum atomic E-state index is 8.75. The largest absolute Gasteiger partial charge is 0.467 e. The van der Waals surface area contributed by atoms with Gasteiger partial charge in [-0.1, -0.05) is 6.07 Å². The van der Waals surface area contributed by atoms with Crippen molar-refractivity contribution < 1.29 is 4.42 Å². The lowest BCUT2D eigenvalue weighted by Gasteiger charge is -2.16. The molecule has 0 aliphatic rings. The summed E-state index contributed by atoms with van der Waals surface area (Å²) in [6.07, 6.45) is 1.64.